The van der Waals surface area contributed by atoms with Crippen LogP contribution in [0.4, 0.5) is 0 Å². The van der Waals surface area contributed by atoms with E-state index in [0.717, 1.165) is 16.8 Å². The van der Waals surface area contributed by atoms with E-state index in [2.05, 4.69) is 15.5 Å². The van der Waals surface area contributed by atoms with Gasteiger partial charge in [0.25, 0.3) is 0 Å². The largest absolute Gasteiger partial charge is 0.303 e. The molecule has 0 bridgehead atoms. The van der Waals surface area contributed by atoms with Crippen LogP contribution >= 0.6 is 23.4 Å². The van der Waals surface area contributed by atoms with Crippen LogP contribution in [-0.2, 0) is 11.2 Å². The van der Waals surface area contributed by atoms with Crippen LogP contribution in [0.3, 0.4) is 0 Å². The summed E-state index contributed by atoms with van der Waals surface area (Å²) in [5, 5.41) is 12.2. The number of halogens is 1. The molecule has 122 valence electrons. The lowest BCUT2D eigenvalue weighted by Crippen LogP contribution is -2.25. The maximum absolute atomic E-state index is 12.1. The molecule has 0 radical (unpaired) electrons. The van der Waals surface area contributed by atoms with Crippen LogP contribution in [0.5, 0.6) is 0 Å². The number of thioether (sulfide) groups is 1. The number of carbonyl (C=O) groups is 1. The standard InChI is InChI=1S/C18H16ClN3OS/c1-12(14-7-3-2-4-8-14)21-22-18-20-17(23)16(24-18)11-13-6-5-9-15(19)10-13/h2-10,16H,11H2,1H3,(H,20,22,23)/b21-12-/t16-/m0/s1. The van der Waals surface area contributed by atoms with Crippen molar-refractivity contribution < 1.29 is 4.79 Å². The van der Waals surface area contributed by atoms with Gasteiger partial charge in [0.1, 0.15) is 0 Å². The van der Waals surface area contributed by atoms with Crippen molar-refractivity contribution in [1.82, 2.24) is 5.32 Å². The van der Waals surface area contributed by atoms with Gasteiger partial charge in [-0.25, -0.2) is 0 Å². The summed E-state index contributed by atoms with van der Waals surface area (Å²) in [7, 11) is 0. The third-order valence-corrected chi connectivity index (χ3v) is 4.88. The van der Waals surface area contributed by atoms with E-state index in [4.69, 9.17) is 11.6 Å². The third kappa shape index (κ3) is 4.24. The van der Waals surface area contributed by atoms with E-state index >= 15 is 0 Å². The van der Waals surface area contributed by atoms with Crippen molar-refractivity contribution in [3.05, 3.63) is 70.7 Å². The molecule has 1 saturated heterocycles. The Labute approximate surface area is 150 Å². The number of rotatable bonds is 4. The van der Waals surface area contributed by atoms with Gasteiger partial charge in [0.15, 0.2) is 5.17 Å². The molecule has 1 aliphatic rings. The fourth-order valence-electron chi connectivity index (χ4n) is 2.32. The molecular formula is C18H16ClN3OS. The predicted octanol–water partition coefficient (Wildman–Crippen LogP) is 3.89. The zero-order valence-corrected chi connectivity index (χ0v) is 14.6. The number of benzene rings is 2. The maximum atomic E-state index is 12.1. The monoisotopic (exact) mass is 357 g/mol. The van der Waals surface area contributed by atoms with Gasteiger partial charge < -0.3 is 5.32 Å². The zero-order chi connectivity index (χ0) is 16.9. The van der Waals surface area contributed by atoms with E-state index in [1.54, 1.807) is 0 Å². The Hall–Kier alpha value is -2.11. The summed E-state index contributed by atoms with van der Waals surface area (Å²) in [6.45, 7) is 1.89. The number of carbonyl (C=O) groups excluding carboxylic acids is 1. The molecule has 0 aromatic heterocycles. The second-order valence-corrected chi connectivity index (χ2v) is 7.01. The molecule has 1 heterocycles. The Morgan fingerprint density at radius 2 is 2.00 bits per heavy atom. The Bertz CT molecular complexity index is 805. The van der Waals surface area contributed by atoms with Crippen molar-refractivity contribution in [2.24, 2.45) is 10.2 Å². The van der Waals surface area contributed by atoms with Crippen LogP contribution in [-0.4, -0.2) is 22.0 Å². The van der Waals surface area contributed by atoms with Crippen molar-refractivity contribution in [2.75, 3.05) is 0 Å². The first-order chi connectivity index (χ1) is 11.6. The summed E-state index contributed by atoms with van der Waals surface area (Å²) in [5.41, 5.74) is 2.84. The van der Waals surface area contributed by atoms with E-state index in [-0.39, 0.29) is 11.2 Å². The van der Waals surface area contributed by atoms with Gasteiger partial charge in [0.2, 0.25) is 5.91 Å². The molecule has 3 rings (SSSR count). The Balaban J connectivity index is 1.68. The number of nitrogens with one attached hydrogen (secondary N) is 1. The first-order valence-corrected chi connectivity index (χ1v) is 8.77. The molecule has 0 unspecified atom stereocenters. The van der Waals surface area contributed by atoms with Crippen molar-refractivity contribution in [3.8, 4) is 0 Å². The molecule has 1 amide bonds. The molecule has 2 aromatic rings. The SMILES string of the molecule is C/C(=N/N=C1/NC(=O)[C@H](Cc2cccc(Cl)c2)S1)c1ccccc1. The van der Waals surface area contributed by atoms with Crippen LogP contribution in [0, 0.1) is 0 Å². The molecule has 6 heteroatoms. The summed E-state index contributed by atoms with van der Waals surface area (Å²) in [4.78, 5) is 12.1. The quantitative estimate of drug-likeness (QED) is 0.666. The normalized spacial score (nSPS) is 19.6. The molecule has 1 atom stereocenters. The molecule has 0 aliphatic carbocycles. The highest BCUT2D eigenvalue weighted by Gasteiger charge is 2.30. The van der Waals surface area contributed by atoms with E-state index in [1.165, 1.54) is 11.8 Å². The van der Waals surface area contributed by atoms with Gasteiger partial charge in [0.05, 0.1) is 11.0 Å². The smallest absolute Gasteiger partial charge is 0.239 e. The zero-order valence-electron chi connectivity index (χ0n) is 13.1. The molecule has 0 spiro atoms. The predicted molar refractivity (Wildman–Crippen MR) is 101 cm³/mol. The summed E-state index contributed by atoms with van der Waals surface area (Å²) in [6, 6.07) is 17.4. The van der Waals surface area contributed by atoms with Crippen molar-refractivity contribution >= 4 is 40.1 Å². The highest BCUT2D eigenvalue weighted by molar-refractivity contribution is 8.15. The number of amides is 1. The van der Waals surface area contributed by atoms with Crippen LogP contribution in [0.25, 0.3) is 0 Å². The topological polar surface area (TPSA) is 53.8 Å². The van der Waals surface area contributed by atoms with Crippen molar-refractivity contribution in [1.29, 1.82) is 0 Å². The molecule has 1 aliphatic heterocycles. The lowest BCUT2D eigenvalue weighted by Gasteiger charge is -2.05. The second kappa shape index (κ2) is 7.64. The van der Waals surface area contributed by atoms with Crippen molar-refractivity contribution in [3.63, 3.8) is 0 Å². The lowest BCUT2D eigenvalue weighted by molar-refractivity contribution is -0.118. The van der Waals surface area contributed by atoms with Crippen LogP contribution < -0.4 is 5.32 Å². The van der Waals surface area contributed by atoms with Gasteiger partial charge in [-0.15, -0.1) is 5.10 Å². The Morgan fingerprint density at radius 3 is 2.75 bits per heavy atom. The van der Waals surface area contributed by atoms with Gasteiger partial charge in [-0.3, -0.25) is 4.79 Å². The highest BCUT2D eigenvalue weighted by Crippen LogP contribution is 2.24. The van der Waals surface area contributed by atoms with E-state index < -0.39 is 0 Å². The number of hydrogen-bond donors (Lipinski definition) is 1. The van der Waals surface area contributed by atoms with E-state index in [9.17, 15) is 4.79 Å². The molecule has 4 nitrogen and oxygen atoms in total. The molecule has 2 aromatic carbocycles. The van der Waals surface area contributed by atoms with Gasteiger partial charge in [-0.1, -0.05) is 65.8 Å². The van der Waals surface area contributed by atoms with E-state index in [1.807, 2.05) is 61.5 Å². The minimum atomic E-state index is -0.213. The van der Waals surface area contributed by atoms with Gasteiger partial charge >= 0.3 is 0 Å². The maximum Gasteiger partial charge on any atom is 0.239 e. The molecule has 0 saturated carbocycles. The third-order valence-electron chi connectivity index (χ3n) is 3.57. The number of amidine groups is 1. The summed E-state index contributed by atoms with van der Waals surface area (Å²) in [5.74, 6) is -0.0497. The molecular weight excluding hydrogens is 342 g/mol. The summed E-state index contributed by atoms with van der Waals surface area (Å²) < 4.78 is 0. The van der Waals surface area contributed by atoms with Crippen LogP contribution in [0.1, 0.15) is 18.1 Å². The van der Waals surface area contributed by atoms with Crippen molar-refractivity contribution in [2.45, 2.75) is 18.6 Å². The summed E-state index contributed by atoms with van der Waals surface area (Å²) in [6.07, 6.45) is 0.609. The average Bonchev–Trinajstić information content (AvgIpc) is 2.93. The Morgan fingerprint density at radius 1 is 1.21 bits per heavy atom. The fourth-order valence-corrected chi connectivity index (χ4v) is 3.49. The van der Waals surface area contributed by atoms with E-state index in [0.29, 0.717) is 16.6 Å². The van der Waals surface area contributed by atoms with Crippen LogP contribution in [0.2, 0.25) is 5.02 Å². The minimum Gasteiger partial charge on any atom is -0.303 e. The Kier molecular flexibility index (Phi) is 5.33. The number of nitrogens with zero attached hydrogens (tertiary/aromatic N) is 2. The average molecular weight is 358 g/mol. The van der Waals surface area contributed by atoms with Gasteiger partial charge in [0, 0.05) is 5.02 Å². The lowest BCUT2D eigenvalue weighted by atomic mass is 10.1. The fraction of sp³-hybridized carbons (Fsp3) is 0.167. The second-order valence-electron chi connectivity index (χ2n) is 5.39. The molecule has 1 fully saturated rings. The first kappa shape index (κ1) is 16.7. The van der Waals surface area contributed by atoms with Crippen LogP contribution in [0.15, 0.2) is 64.8 Å². The summed E-state index contributed by atoms with van der Waals surface area (Å²) >= 11 is 7.39. The minimum absolute atomic E-state index is 0.0497. The molecule has 24 heavy (non-hydrogen) atoms. The van der Waals surface area contributed by atoms with Gasteiger partial charge in [-0.05, 0) is 36.6 Å². The van der Waals surface area contributed by atoms with Gasteiger partial charge in [-0.2, -0.15) is 5.10 Å². The number of hydrogen-bond acceptors (Lipinski definition) is 4. The first-order valence-electron chi connectivity index (χ1n) is 7.51. The highest BCUT2D eigenvalue weighted by atomic mass is 35.5. The molecule has 1 N–H and O–H groups in total.